The number of hydrogen-bond donors (Lipinski definition) is 2. The van der Waals surface area contributed by atoms with Crippen LogP contribution in [0.5, 0.6) is 0 Å². The molecule has 4 aliphatic heterocycles. The van der Waals surface area contributed by atoms with Crippen LogP contribution in [0.1, 0.15) is 108 Å². The van der Waals surface area contributed by atoms with Crippen LogP contribution in [0.2, 0.25) is 0 Å². The Balaban J connectivity index is 1.40. The van der Waals surface area contributed by atoms with E-state index in [2.05, 4.69) is 20.8 Å². The molecule has 4 heterocycles. The third-order valence-electron chi connectivity index (χ3n) is 12.3. The van der Waals surface area contributed by atoms with Gasteiger partial charge in [-0.25, -0.2) is 9.59 Å². The highest BCUT2D eigenvalue weighted by Crippen LogP contribution is 2.48. The minimum atomic E-state index is -2.01. The van der Waals surface area contributed by atoms with Crippen molar-refractivity contribution >= 4 is 23.9 Å². The summed E-state index contributed by atoms with van der Waals surface area (Å²) in [5.41, 5.74) is -0.763. The number of carbonyl (C=O) groups is 4. The minimum absolute atomic E-state index is 0.0455. The molecule has 5 aliphatic rings. The largest absolute Gasteiger partial charge is 0.478 e. The molecule has 1 spiro atoms. The van der Waals surface area contributed by atoms with Crippen molar-refractivity contribution in [2.45, 2.75) is 135 Å². The smallest absolute Gasteiger partial charge is 0.339 e. The van der Waals surface area contributed by atoms with E-state index in [0.29, 0.717) is 42.7 Å². The SMILES string of the molecule is CC[C@H](C)[C@H]1O[C@]2(CC[C@@H]1C)C[C@@H]1C[C@@H](C/C=C(\C)[C@@H](OC(C)=O)[C@@H](C)/C=C/C=C3\CO[C@@H]4[C@H](OC(=O)c5ccccc5C(=O)O)C(C)=C[C@@H](C(=O)O1)[C@]34O)O2. The van der Waals surface area contributed by atoms with Gasteiger partial charge in [0.15, 0.2) is 11.9 Å². The van der Waals surface area contributed by atoms with Gasteiger partial charge in [-0.2, -0.15) is 0 Å². The van der Waals surface area contributed by atoms with E-state index in [1.54, 1.807) is 25.2 Å². The third kappa shape index (κ3) is 8.30. The standard InChI is InChI=1S/C44H56O12/c1-8-24(2)37-27(5)18-19-43(56-37)22-32-21-31(55-43)17-16-26(4)36(52-29(7)45)25(3)12-11-13-30-23-51-39-38(28(6)20-35(42(49)53-32)44(30,39)50)54-41(48)34-15-10-9-14-33(34)40(46)47/h9-16,20,24-25,27,31-32,35-39,50H,8,17-19,21-23H2,1-7H3,(H,46,47)/b12-11+,26-16+,30-13+/t24-,25-,27-,31+,32-,35-,36-,37+,38+,39+,43+,44+/m0/s1. The Morgan fingerprint density at radius 3 is 2.45 bits per heavy atom. The van der Waals surface area contributed by atoms with E-state index in [-0.39, 0.29) is 41.8 Å². The van der Waals surface area contributed by atoms with E-state index in [1.165, 1.54) is 31.2 Å². The van der Waals surface area contributed by atoms with Gasteiger partial charge in [0.25, 0.3) is 0 Å². The Morgan fingerprint density at radius 1 is 1.02 bits per heavy atom. The fourth-order valence-corrected chi connectivity index (χ4v) is 9.09. The number of esters is 3. The summed E-state index contributed by atoms with van der Waals surface area (Å²) < 4.78 is 38.0. The van der Waals surface area contributed by atoms with Gasteiger partial charge >= 0.3 is 23.9 Å². The summed E-state index contributed by atoms with van der Waals surface area (Å²) in [4.78, 5) is 52.3. The van der Waals surface area contributed by atoms with E-state index in [0.717, 1.165) is 18.4 Å². The number of hydrogen-bond acceptors (Lipinski definition) is 11. The Morgan fingerprint density at radius 2 is 1.75 bits per heavy atom. The second kappa shape index (κ2) is 16.8. The molecule has 12 atom stereocenters. The lowest BCUT2D eigenvalue weighted by Crippen LogP contribution is -2.59. The molecule has 0 saturated carbocycles. The molecule has 2 N–H and O–H groups in total. The summed E-state index contributed by atoms with van der Waals surface area (Å²) in [5.74, 6) is -5.20. The molecule has 1 aromatic carbocycles. The van der Waals surface area contributed by atoms with Crippen LogP contribution in [0, 0.1) is 23.7 Å². The molecule has 56 heavy (non-hydrogen) atoms. The van der Waals surface area contributed by atoms with Crippen molar-refractivity contribution in [3.63, 3.8) is 0 Å². The summed E-state index contributed by atoms with van der Waals surface area (Å²) >= 11 is 0. The molecule has 304 valence electrons. The zero-order chi connectivity index (χ0) is 40.5. The highest BCUT2D eigenvalue weighted by molar-refractivity contribution is 6.02. The molecule has 3 saturated heterocycles. The molecule has 12 heteroatoms. The van der Waals surface area contributed by atoms with Gasteiger partial charge < -0.3 is 38.6 Å². The third-order valence-corrected chi connectivity index (χ3v) is 12.3. The van der Waals surface area contributed by atoms with Gasteiger partial charge in [-0.1, -0.05) is 76.6 Å². The van der Waals surface area contributed by atoms with Crippen LogP contribution >= 0.6 is 0 Å². The first-order valence-electron chi connectivity index (χ1n) is 19.9. The second-order valence-electron chi connectivity index (χ2n) is 16.4. The quantitative estimate of drug-likeness (QED) is 0.180. The lowest BCUT2D eigenvalue weighted by Gasteiger charge is -2.51. The number of fused-ring (bicyclic) bond motifs is 2. The maximum atomic E-state index is 14.5. The van der Waals surface area contributed by atoms with Gasteiger partial charge in [0, 0.05) is 32.1 Å². The molecule has 0 amide bonds. The van der Waals surface area contributed by atoms with Gasteiger partial charge in [-0.3, -0.25) is 9.59 Å². The Hall–Kier alpha value is -4.10. The van der Waals surface area contributed by atoms with Crippen LogP contribution in [-0.4, -0.2) is 88.7 Å². The summed E-state index contributed by atoms with van der Waals surface area (Å²) in [7, 11) is 0. The van der Waals surface area contributed by atoms with Crippen LogP contribution in [0.25, 0.3) is 0 Å². The van der Waals surface area contributed by atoms with Crippen LogP contribution in [0.15, 0.2) is 71.4 Å². The Bertz CT molecular complexity index is 1810. The zero-order valence-electron chi connectivity index (χ0n) is 33.4. The maximum absolute atomic E-state index is 14.5. The average molecular weight is 777 g/mol. The summed E-state index contributed by atoms with van der Waals surface area (Å²) in [6, 6.07) is 5.71. The van der Waals surface area contributed by atoms with E-state index in [1.807, 2.05) is 26.0 Å². The van der Waals surface area contributed by atoms with Crippen LogP contribution in [-0.2, 0) is 38.0 Å². The van der Waals surface area contributed by atoms with Crippen molar-refractivity contribution in [2.75, 3.05) is 6.61 Å². The van der Waals surface area contributed by atoms with Gasteiger partial charge in [0.1, 0.15) is 29.8 Å². The first-order chi connectivity index (χ1) is 26.6. The molecule has 2 bridgehead atoms. The number of aliphatic hydroxyl groups is 1. The van der Waals surface area contributed by atoms with Gasteiger partial charge in [-0.05, 0) is 67.4 Å². The Labute approximate surface area is 328 Å². The topological polar surface area (TPSA) is 164 Å². The molecule has 0 aromatic heterocycles. The van der Waals surface area contributed by atoms with E-state index >= 15 is 0 Å². The van der Waals surface area contributed by atoms with E-state index in [4.69, 9.17) is 28.4 Å². The molecule has 6 rings (SSSR count). The first kappa shape index (κ1) is 41.5. The number of allylic oxidation sites excluding steroid dienone is 2. The van der Waals surface area contributed by atoms with Crippen molar-refractivity contribution in [1.82, 2.24) is 0 Å². The average Bonchev–Trinajstić information content (AvgIpc) is 3.50. The predicted molar refractivity (Wildman–Crippen MR) is 204 cm³/mol. The number of ether oxygens (including phenoxy) is 6. The molecule has 0 radical (unpaired) electrons. The van der Waals surface area contributed by atoms with Crippen molar-refractivity contribution in [3.05, 3.63) is 82.5 Å². The lowest BCUT2D eigenvalue weighted by molar-refractivity contribution is -0.340. The first-order valence-corrected chi connectivity index (χ1v) is 19.9. The normalized spacial score (nSPS) is 39.0. The zero-order valence-corrected chi connectivity index (χ0v) is 33.4. The number of carbonyl (C=O) groups excluding carboxylic acids is 3. The predicted octanol–water partition coefficient (Wildman–Crippen LogP) is 6.66. The summed E-state index contributed by atoms with van der Waals surface area (Å²) in [5, 5.41) is 22.5. The molecule has 12 nitrogen and oxygen atoms in total. The Kier molecular flexibility index (Phi) is 12.4. The monoisotopic (exact) mass is 776 g/mol. The number of benzene rings is 1. The fourth-order valence-electron chi connectivity index (χ4n) is 9.09. The van der Waals surface area contributed by atoms with Crippen LogP contribution in [0.3, 0.4) is 0 Å². The minimum Gasteiger partial charge on any atom is -0.478 e. The second-order valence-corrected chi connectivity index (χ2v) is 16.4. The highest BCUT2D eigenvalue weighted by atomic mass is 16.7. The van der Waals surface area contributed by atoms with Crippen molar-refractivity contribution in [3.8, 4) is 0 Å². The molecule has 1 aromatic rings. The van der Waals surface area contributed by atoms with Gasteiger partial charge in [-0.15, -0.1) is 0 Å². The van der Waals surface area contributed by atoms with Crippen molar-refractivity contribution in [1.29, 1.82) is 0 Å². The van der Waals surface area contributed by atoms with Crippen LogP contribution in [0.4, 0.5) is 0 Å². The van der Waals surface area contributed by atoms with Crippen molar-refractivity contribution < 1.29 is 57.8 Å². The fraction of sp³-hybridized carbons (Fsp3) is 0.591. The number of rotatable bonds is 6. The van der Waals surface area contributed by atoms with E-state index in [9.17, 15) is 29.4 Å². The van der Waals surface area contributed by atoms with Crippen LogP contribution < -0.4 is 0 Å². The van der Waals surface area contributed by atoms with E-state index < -0.39 is 65.6 Å². The lowest BCUT2D eigenvalue weighted by atomic mass is 9.70. The molecule has 3 fully saturated rings. The maximum Gasteiger partial charge on any atom is 0.339 e. The van der Waals surface area contributed by atoms with Gasteiger partial charge in [0.2, 0.25) is 0 Å². The molecule has 1 aliphatic carbocycles. The van der Waals surface area contributed by atoms with Crippen molar-refractivity contribution in [2.24, 2.45) is 23.7 Å². The number of carboxylic acid groups (broad SMARTS) is 1. The summed E-state index contributed by atoms with van der Waals surface area (Å²) in [6.45, 7) is 13.3. The molecular weight excluding hydrogens is 720 g/mol. The molecular formula is C44H56O12. The highest BCUT2D eigenvalue weighted by Gasteiger charge is 2.61. The number of carboxylic acids is 1. The molecule has 0 unspecified atom stereocenters. The van der Waals surface area contributed by atoms with Gasteiger partial charge in [0.05, 0.1) is 29.9 Å². The summed E-state index contributed by atoms with van der Waals surface area (Å²) in [6.07, 6.45) is 8.41. The number of aromatic carboxylic acids is 1.